The van der Waals surface area contributed by atoms with Crippen LogP contribution >= 0.6 is 35.0 Å². The largest absolute Gasteiger partial charge is 0.384 e. The number of halogens is 5. The van der Waals surface area contributed by atoms with Crippen LogP contribution in [0, 0.1) is 31.1 Å². The molecule has 14 heteroatoms. The Labute approximate surface area is 205 Å². The van der Waals surface area contributed by atoms with Gasteiger partial charge in [0.2, 0.25) is 0 Å². The molecule has 0 aromatic heterocycles. The molecule has 0 unspecified atom stereocenters. The first-order valence-corrected chi connectivity index (χ1v) is 10.1. The van der Waals surface area contributed by atoms with Crippen molar-refractivity contribution in [3.63, 3.8) is 0 Å². The molecule has 1 aliphatic rings. The van der Waals surface area contributed by atoms with Crippen molar-refractivity contribution in [2.45, 2.75) is 5.60 Å². The third-order valence-corrected chi connectivity index (χ3v) is 5.31. The topological polar surface area (TPSA) is 134 Å². The molecule has 2 aromatic carbocycles. The second-order valence-corrected chi connectivity index (χ2v) is 8.39. The Kier molecular flexibility index (Phi) is 8.37. The Morgan fingerprint density at radius 3 is 2.55 bits per heavy atom. The third-order valence-electron chi connectivity index (χ3n) is 4.64. The van der Waals surface area contributed by atoms with Gasteiger partial charge in [0.15, 0.2) is 17.5 Å². The summed E-state index contributed by atoms with van der Waals surface area (Å²) in [4.78, 5) is 23.6. The zero-order valence-corrected chi connectivity index (χ0v) is 19.6. The molecule has 3 rings (SSSR count). The molecule has 2 aromatic rings. The molecule has 0 aliphatic carbocycles. The summed E-state index contributed by atoms with van der Waals surface area (Å²) >= 11 is 1.89. The lowest BCUT2D eigenvalue weighted by Gasteiger charge is -2.46. The maximum atomic E-state index is 14.5. The van der Waals surface area contributed by atoms with Gasteiger partial charge in [0.05, 0.1) is 35.0 Å². The normalized spacial score (nSPS) is 14.7. The SMILES string of the molecule is Cl.N/C(=C\[N+](=O)[O-])NCC1(O)CN(C(=O)c2ccc(F)c(F)c2Nc2ccc(I)cc2F)C1. The molecular formula is C19H18ClF3IN5O4. The number of amides is 1. The molecule has 33 heavy (non-hydrogen) atoms. The van der Waals surface area contributed by atoms with Crippen LogP contribution in [0.4, 0.5) is 24.5 Å². The molecule has 178 valence electrons. The number of carbonyl (C=O) groups excluding carboxylic acids is 1. The van der Waals surface area contributed by atoms with E-state index in [1.807, 2.05) is 22.6 Å². The molecule has 0 atom stereocenters. The van der Waals surface area contributed by atoms with Crippen LogP contribution in [0.2, 0.25) is 0 Å². The van der Waals surface area contributed by atoms with E-state index in [1.165, 1.54) is 12.1 Å². The molecule has 1 amide bonds. The molecule has 0 radical (unpaired) electrons. The van der Waals surface area contributed by atoms with E-state index < -0.39 is 39.6 Å². The zero-order chi connectivity index (χ0) is 23.6. The molecule has 1 fully saturated rings. The number of benzene rings is 2. The van der Waals surface area contributed by atoms with E-state index in [-0.39, 0.29) is 49.1 Å². The Hall–Kier alpha value is -2.78. The number of β-amino-alcohol motifs (C(OH)–C–C–N with tert-alkyl or cyclic N) is 1. The van der Waals surface area contributed by atoms with E-state index >= 15 is 0 Å². The summed E-state index contributed by atoms with van der Waals surface area (Å²) in [7, 11) is 0. The Balaban J connectivity index is 0.00000385. The molecule has 1 heterocycles. The summed E-state index contributed by atoms with van der Waals surface area (Å²) in [5, 5.41) is 25.7. The van der Waals surface area contributed by atoms with Gasteiger partial charge in [-0.3, -0.25) is 14.9 Å². The number of hydrogen-bond donors (Lipinski definition) is 4. The van der Waals surface area contributed by atoms with Gasteiger partial charge in [-0.1, -0.05) is 0 Å². The number of nitro groups is 1. The van der Waals surface area contributed by atoms with Crippen molar-refractivity contribution in [2.75, 3.05) is 25.0 Å². The number of hydrogen-bond acceptors (Lipinski definition) is 7. The number of carbonyl (C=O) groups is 1. The lowest BCUT2D eigenvalue weighted by Crippen LogP contribution is -2.67. The lowest BCUT2D eigenvalue weighted by molar-refractivity contribution is -0.403. The predicted molar refractivity (Wildman–Crippen MR) is 124 cm³/mol. The summed E-state index contributed by atoms with van der Waals surface area (Å²) in [6.45, 7) is -0.564. The molecule has 1 saturated heterocycles. The molecule has 0 bridgehead atoms. The van der Waals surface area contributed by atoms with E-state index in [9.17, 15) is 33.2 Å². The van der Waals surface area contributed by atoms with E-state index in [0.717, 1.165) is 17.0 Å². The minimum atomic E-state index is -1.43. The lowest BCUT2D eigenvalue weighted by atomic mass is 9.92. The molecule has 0 saturated carbocycles. The zero-order valence-electron chi connectivity index (χ0n) is 16.6. The number of anilines is 2. The second kappa shape index (κ2) is 10.4. The Morgan fingerprint density at radius 2 is 1.94 bits per heavy atom. The van der Waals surface area contributed by atoms with Crippen molar-refractivity contribution in [1.29, 1.82) is 0 Å². The van der Waals surface area contributed by atoms with Crippen LogP contribution < -0.4 is 16.4 Å². The standard InChI is InChI=1S/C19H17F3IN5O4.ClH/c20-12-3-2-11(17(16(12)22)26-14-4-1-10(23)5-13(14)21)18(29)27-8-19(30,9-27)7-25-15(24)6-28(31)32;/h1-6,25-26,30H,7-9,24H2;1H/b15-6+;. The van der Waals surface area contributed by atoms with Gasteiger partial charge in [0, 0.05) is 10.1 Å². The van der Waals surface area contributed by atoms with Crippen molar-refractivity contribution in [1.82, 2.24) is 10.2 Å². The van der Waals surface area contributed by atoms with Gasteiger partial charge in [-0.2, -0.15) is 0 Å². The molecule has 5 N–H and O–H groups in total. The van der Waals surface area contributed by atoms with E-state index in [2.05, 4.69) is 10.6 Å². The van der Waals surface area contributed by atoms with Crippen LogP contribution in [0.25, 0.3) is 0 Å². The smallest absolute Gasteiger partial charge is 0.273 e. The fraction of sp³-hybridized carbons (Fsp3) is 0.211. The highest BCUT2D eigenvalue weighted by molar-refractivity contribution is 14.1. The maximum Gasteiger partial charge on any atom is 0.273 e. The second-order valence-electron chi connectivity index (χ2n) is 7.14. The highest BCUT2D eigenvalue weighted by atomic mass is 127. The van der Waals surface area contributed by atoms with Crippen molar-refractivity contribution in [3.8, 4) is 0 Å². The van der Waals surface area contributed by atoms with Crippen LogP contribution in [-0.2, 0) is 0 Å². The van der Waals surface area contributed by atoms with Crippen LogP contribution in [0.1, 0.15) is 10.4 Å². The molecular weight excluding hydrogens is 582 g/mol. The summed E-state index contributed by atoms with van der Waals surface area (Å²) in [6, 6.07) is 5.89. The van der Waals surface area contributed by atoms with Gasteiger partial charge in [0.25, 0.3) is 12.1 Å². The monoisotopic (exact) mass is 599 g/mol. The first-order chi connectivity index (χ1) is 15.0. The molecule has 1 aliphatic heterocycles. The number of nitrogens with zero attached hydrogens (tertiary/aromatic N) is 2. The van der Waals surface area contributed by atoms with Crippen LogP contribution in [-0.4, -0.2) is 46.1 Å². The van der Waals surface area contributed by atoms with Gasteiger partial charge < -0.3 is 26.4 Å². The predicted octanol–water partition coefficient (Wildman–Crippen LogP) is 2.68. The van der Waals surface area contributed by atoms with Gasteiger partial charge in [-0.05, 0) is 52.9 Å². The van der Waals surface area contributed by atoms with Crippen molar-refractivity contribution in [2.24, 2.45) is 5.73 Å². The van der Waals surface area contributed by atoms with Crippen molar-refractivity contribution >= 4 is 52.3 Å². The van der Waals surface area contributed by atoms with E-state index in [4.69, 9.17) is 5.73 Å². The van der Waals surface area contributed by atoms with Crippen LogP contribution in [0.3, 0.4) is 0 Å². The van der Waals surface area contributed by atoms with Gasteiger partial charge in [-0.25, -0.2) is 13.2 Å². The van der Waals surface area contributed by atoms with Crippen LogP contribution in [0.15, 0.2) is 42.4 Å². The average Bonchev–Trinajstić information content (AvgIpc) is 2.68. The number of aliphatic hydroxyl groups is 1. The fourth-order valence-corrected chi connectivity index (χ4v) is 3.55. The first kappa shape index (κ1) is 26.5. The van der Waals surface area contributed by atoms with Gasteiger partial charge in [0.1, 0.15) is 11.4 Å². The van der Waals surface area contributed by atoms with Gasteiger partial charge >= 0.3 is 0 Å². The summed E-state index contributed by atoms with van der Waals surface area (Å²) in [5.74, 6) is -4.31. The van der Waals surface area contributed by atoms with E-state index in [0.29, 0.717) is 9.77 Å². The Bertz CT molecular complexity index is 1120. The number of nitrogens with one attached hydrogen (secondary N) is 2. The van der Waals surface area contributed by atoms with Crippen molar-refractivity contribution in [3.05, 3.63) is 79.1 Å². The minimum absolute atomic E-state index is 0. The first-order valence-electron chi connectivity index (χ1n) is 9.05. The highest BCUT2D eigenvalue weighted by Gasteiger charge is 2.44. The fourth-order valence-electron chi connectivity index (χ4n) is 3.09. The highest BCUT2D eigenvalue weighted by Crippen LogP contribution is 2.31. The van der Waals surface area contributed by atoms with Crippen molar-refractivity contribution < 1.29 is 28.0 Å². The maximum absolute atomic E-state index is 14.5. The quantitative estimate of drug-likeness (QED) is 0.219. The number of likely N-dealkylation sites (tertiary alicyclic amines) is 1. The van der Waals surface area contributed by atoms with E-state index in [1.54, 1.807) is 6.07 Å². The van der Waals surface area contributed by atoms with Gasteiger partial charge in [-0.15, -0.1) is 12.4 Å². The Morgan fingerprint density at radius 1 is 1.27 bits per heavy atom. The number of rotatable bonds is 7. The minimum Gasteiger partial charge on any atom is -0.384 e. The molecule has 9 nitrogen and oxygen atoms in total. The number of nitrogens with two attached hydrogens (primary N) is 1. The summed E-state index contributed by atoms with van der Waals surface area (Å²) in [6.07, 6.45) is 0.522. The summed E-state index contributed by atoms with van der Waals surface area (Å²) in [5.41, 5.74) is 3.01. The molecule has 0 spiro atoms. The summed E-state index contributed by atoms with van der Waals surface area (Å²) < 4.78 is 43.1. The average molecular weight is 600 g/mol. The third kappa shape index (κ3) is 6.17. The van der Waals surface area contributed by atoms with Crippen LogP contribution in [0.5, 0.6) is 0 Å².